The van der Waals surface area contributed by atoms with E-state index in [0.29, 0.717) is 60.0 Å². The molecule has 10 N–H and O–H groups in total. The Kier molecular flexibility index (Phi) is 10.6. The molecule has 0 aliphatic rings. The van der Waals surface area contributed by atoms with E-state index in [1.54, 1.807) is 24.4 Å². The third-order valence-corrected chi connectivity index (χ3v) is 7.77. The Morgan fingerprint density at radius 1 is 1.17 bits per heavy atom. The second-order valence-corrected chi connectivity index (χ2v) is 11.6. The smallest absolute Gasteiger partial charge is 0.354 e. The average molecular weight is 650 g/mol. The van der Waals surface area contributed by atoms with Crippen molar-refractivity contribution in [3.05, 3.63) is 81.1 Å². The van der Waals surface area contributed by atoms with Crippen molar-refractivity contribution in [2.75, 3.05) is 18.4 Å². The molecule has 3 aromatic heterocycles. The van der Waals surface area contributed by atoms with Crippen molar-refractivity contribution in [2.45, 2.75) is 51.2 Å². The van der Waals surface area contributed by atoms with Crippen LogP contribution in [0.5, 0.6) is 0 Å². The molecule has 0 saturated carbocycles. The number of aryl methyl sites for hydroxylation is 1. The van der Waals surface area contributed by atoms with Gasteiger partial charge >= 0.3 is 5.69 Å². The topological polar surface area (TPSA) is 217 Å². The lowest BCUT2D eigenvalue weighted by Gasteiger charge is -2.19. The lowest BCUT2D eigenvalue weighted by molar-refractivity contribution is 0.493. The van der Waals surface area contributed by atoms with E-state index in [1.165, 1.54) is 4.57 Å². The summed E-state index contributed by atoms with van der Waals surface area (Å²) in [5.41, 5.74) is 14.5. The zero-order chi connectivity index (χ0) is 32.6. The maximum atomic E-state index is 15.1. The molecule has 0 saturated heterocycles. The van der Waals surface area contributed by atoms with Crippen LogP contribution in [0, 0.1) is 11.2 Å². The molecule has 0 radical (unpaired) electrons. The highest BCUT2D eigenvalue weighted by Gasteiger charge is 2.16. The van der Waals surface area contributed by atoms with Gasteiger partial charge in [0.15, 0.2) is 11.8 Å². The van der Waals surface area contributed by atoms with E-state index in [0.717, 1.165) is 30.4 Å². The number of nitrogens with two attached hydrogens (primary N) is 2. The normalized spacial score (nSPS) is 12.7. The molecule has 2 atom stereocenters. The molecule has 0 unspecified atom stereocenters. The molecule has 0 fully saturated rings. The number of nitrogens with zero attached hydrogens (tertiary/aromatic N) is 5. The first-order valence-electron chi connectivity index (χ1n) is 14.9. The van der Waals surface area contributed by atoms with Crippen LogP contribution in [0.15, 0.2) is 53.5 Å². The second-order valence-electron chi connectivity index (χ2n) is 11.2. The number of halogens is 2. The van der Waals surface area contributed by atoms with E-state index in [9.17, 15) is 4.79 Å². The average Bonchev–Trinajstić information content (AvgIpc) is 3.69. The number of rotatable bonds is 15. The molecular weight excluding hydrogens is 613 g/mol. The zero-order valence-corrected chi connectivity index (χ0v) is 26.0. The number of fused-ring (bicyclic) bond motifs is 1. The zero-order valence-electron chi connectivity index (χ0n) is 25.3. The van der Waals surface area contributed by atoms with E-state index in [1.807, 2.05) is 31.2 Å². The van der Waals surface area contributed by atoms with Gasteiger partial charge in [-0.05, 0) is 84.5 Å². The molecule has 16 heteroatoms. The molecular formula is C30H37ClFN13O. The van der Waals surface area contributed by atoms with E-state index in [2.05, 4.69) is 46.5 Å². The first kappa shape index (κ1) is 32.5. The number of hydrogen-bond acceptors (Lipinski definition) is 9. The lowest BCUT2D eigenvalue weighted by Crippen LogP contribution is -2.40. The Balaban J connectivity index is 1.29. The molecule has 5 rings (SSSR count). The maximum absolute atomic E-state index is 15.1. The third kappa shape index (κ3) is 8.44. The second kappa shape index (κ2) is 14.9. The van der Waals surface area contributed by atoms with Gasteiger partial charge < -0.3 is 32.4 Å². The highest BCUT2D eigenvalue weighted by atomic mass is 35.5. The summed E-state index contributed by atoms with van der Waals surface area (Å²) in [7, 11) is 0. The molecule has 3 heterocycles. The third-order valence-electron chi connectivity index (χ3n) is 7.49. The fourth-order valence-electron chi connectivity index (χ4n) is 5.09. The Bertz CT molecular complexity index is 1820. The van der Waals surface area contributed by atoms with Crippen molar-refractivity contribution in [3.8, 4) is 16.9 Å². The van der Waals surface area contributed by atoms with Gasteiger partial charge in [-0.25, -0.2) is 14.3 Å². The van der Waals surface area contributed by atoms with Crippen LogP contribution < -0.4 is 33.1 Å². The molecule has 0 amide bonds. The number of aromatic amines is 2. The predicted octanol–water partition coefficient (Wildman–Crippen LogP) is 2.80. The van der Waals surface area contributed by atoms with Crippen LogP contribution in [0.2, 0.25) is 5.02 Å². The quantitative estimate of drug-likeness (QED) is 0.0612. The molecule has 5 aromatic rings. The van der Waals surface area contributed by atoms with E-state index in [-0.39, 0.29) is 23.1 Å². The molecule has 0 aliphatic carbocycles. The van der Waals surface area contributed by atoms with Crippen LogP contribution in [-0.4, -0.2) is 66.3 Å². The minimum Gasteiger partial charge on any atom is -0.370 e. The van der Waals surface area contributed by atoms with Gasteiger partial charge in [0, 0.05) is 48.9 Å². The van der Waals surface area contributed by atoms with E-state index in [4.69, 9.17) is 28.5 Å². The fraction of sp³-hybridized carbons (Fsp3) is 0.333. The number of tetrazole rings is 1. The van der Waals surface area contributed by atoms with Crippen molar-refractivity contribution < 1.29 is 4.39 Å². The summed E-state index contributed by atoms with van der Waals surface area (Å²) in [6.07, 6.45) is 4.80. The summed E-state index contributed by atoms with van der Waals surface area (Å²) in [5.74, 6) is -0.168. The summed E-state index contributed by atoms with van der Waals surface area (Å²) >= 11 is 6.25. The molecule has 14 nitrogen and oxygen atoms in total. The molecule has 46 heavy (non-hydrogen) atoms. The van der Waals surface area contributed by atoms with Crippen LogP contribution in [0.1, 0.15) is 37.3 Å². The highest BCUT2D eigenvalue weighted by Crippen LogP contribution is 2.31. The molecule has 2 aromatic carbocycles. The monoisotopic (exact) mass is 649 g/mol. The Morgan fingerprint density at radius 3 is 2.70 bits per heavy atom. The minimum atomic E-state index is -0.535. The Labute approximate surface area is 269 Å². The first-order chi connectivity index (χ1) is 22.2. The lowest BCUT2D eigenvalue weighted by atomic mass is 10.0. The summed E-state index contributed by atoms with van der Waals surface area (Å²) in [6, 6.07) is 12.8. The number of benzene rings is 2. The van der Waals surface area contributed by atoms with Gasteiger partial charge in [0.1, 0.15) is 5.65 Å². The number of nitrogens with one attached hydrogen (secondary N) is 6. The van der Waals surface area contributed by atoms with Crippen molar-refractivity contribution in [1.82, 2.24) is 45.8 Å². The Morgan fingerprint density at radius 2 is 1.98 bits per heavy atom. The van der Waals surface area contributed by atoms with Crippen molar-refractivity contribution in [2.24, 2.45) is 11.5 Å². The fourth-order valence-corrected chi connectivity index (χ4v) is 5.33. The van der Waals surface area contributed by atoms with Crippen LogP contribution in [0.4, 0.5) is 10.3 Å². The molecule has 0 spiro atoms. The van der Waals surface area contributed by atoms with Crippen molar-refractivity contribution >= 4 is 34.5 Å². The molecule has 242 valence electrons. The van der Waals surface area contributed by atoms with Gasteiger partial charge in [0.05, 0.1) is 16.4 Å². The summed E-state index contributed by atoms with van der Waals surface area (Å²) in [5, 5.41) is 31.1. The standard InChI is InChI=1S/C30H37ClFN13O/c1-17(33)3-2-4-19-11-23(26(32)24(31)12-19)25-13-20-16-45(30(46)40-27(20)39-25)22-7-5-18(6-8-22)14-37-21(9-10-36-28(34)35)15-38-29-41-43-44-42-29/h5-8,11-13,16-17,21,37H,2-4,9-10,14-15,33H2,1H3,(H4,34,35,36)(H,39,40,46)(H2,38,41,42,43,44)/t17-,21+/m0/s1. The van der Waals surface area contributed by atoms with Crippen LogP contribution in [0.25, 0.3) is 28.0 Å². The molecule has 0 aliphatic heterocycles. The Hall–Kier alpha value is -4.86. The van der Waals surface area contributed by atoms with Crippen LogP contribution >= 0.6 is 11.6 Å². The number of hydrogen-bond donors (Lipinski definition) is 8. The van der Waals surface area contributed by atoms with Crippen molar-refractivity contribution in [3.63, 3.8) is 0 Å². The van der Waals surface area contributed by atoms with Gasteiger partial charge in [-0.15, -0.1) is 0 Å². The highest BCUT2D eigenvalue weighted by molar-refractivity contribution is 6.31. The number of guanidine groups is 1. The summed E-state index contributed by atoms with van der Waals surface area (Å²) in [4.78, 5) is 20.3. The molecule has 0 bridgehead atoms. The number of aromatic nitrogens is 7. The van der Waals surface area contributed by atoms with Gasteiger partial charge in [0.25, 0.3) is 0 Å². The van der Waals surface area contributed by atoms with E-state index >= 15 is 4.39 Å². The SMILES string of the molecule is C[C@H](N)CCCc1cc(Cl)c(F)c(-c2cc3cn(-c4ccc(CN[C@H](CCNC(=N)N)CNc5nnn[nH]5)cc4)c(=O)nc3[nH]2)c1. The van der Waals surface area contributed by atoms with Crippen LogP contribution in [0.3, 0.4) is 0 Å². The van der Waals surface area contributed by atoms with Gasteiger partial charge in [0.2, 0.25) is 5.95 Å². The largest absolute Gasteiger partial charge is 0.370 e. The van der Waals surface area contributed by atoms with Crippen molar-refractivity contribution in [1.29, 1.82) is 5.41 Å². The maximum Gasteiger partial charge on any atom is 0.354 e. The number of H-pyrrole nitrogens is 2. The van der Waals surface area contributed by atoms with E-state index < -0.39 is 11.5 Å². The summed E-state index contributed by atoms with van der Waals surface area (Å²) in [6.45, 7) is 3.55. The predicted molar refractivity (Wildman–Crippen MR) is 177 cm³/mol. The van der Waals surface area contributed by atoms with Gasteiger partial charge in [-0.2, -0.15) is 4.98 Å². The summed E-state index contributed by atoms with van der Waals surface area (Å²) < 4.78 is 16.6. The van der Waals surface area contributed by atoms with Gasteiger partial charge in [-0.1, -0.05) is 28.8 Å². The van der Waals surface area contributed by atoms with Gasteiger partial charge in [-0.3, -0.25) is 9.98 Å². The minimum absolute atomic E-state index is 0.00342. The van der Waals surface area contributed by atoms with Crippen LogP contribution in [-0.2, 0) is 13.0 Å². The first-order valence-corrected chi connectivity index (χ1v) is 15.3. The number of anilines is 1.